The number of aromatic amines is 1. The normalized spacial score (nSPS) is 11.8. The third-order valence-corrected chi connectivity index (χ3v) is 4.00. The number of hydrogen-bond acceptors (Lipinski definition) is 4. The fraction of sp³-hybridized carbons (Fsp3) is 0.250. The summed E-state index contributed by atoms with van der Waals surface area (Å²) < 4.78 is 5.65. The van der Waals surface area contributed by atoms with Crippen molar-refractivity contribution in [3.05, 3.63) is 77.4 Å². The lowest BCUT2D eigenvalue weighted by molar-refractivity contribution is 0.0935. The van der Waals surface area contributed by atoms with Gasteiger partial charge in [0.05, 0.1) is 5.69 Å². The maximum atomic E-state index is 12.4. The Kier molecular flexibility index (Phi) is 5.63. The zero-order valence-corrected chi connectivity index (χ0v) is 14.9. The van der Waals surface area contributed by atoms with Gasteiger partial charge in [-0.2, -0.15) is 5.10 Å². The first-order valence-electron chi connectivity index (χ1n) is 8.55. The predicted molar refractivity (Wildman–Crippen MR) is 99.0 cm³/mol. The summed E-state index contributed by atoms with van der Waals surface area (Å²) in [4.78, 5) is 16.7. The molecule has 3 aromatic rings. The highest BCUT2D eigenvalue weighted by atomic mass is 16.5. The summed E-state index contributed by atoms with van der Waals surface area (Å²) >= 11 is 0. The van der Waals surface area contributed by atoms with Crippen LogP contribution in [0.3, 0.4) is 0 Å². The predicted octanol–water partition coefficient (Wildman–Crippen LogP) is 3.05. The Morgan fingerprint density at radius 3 is 2.81 bits per heavy atom. The summed E-state index contributed by atoms with van der Waals surface area (Å²) in [6, 6.07) is 15.1. The van der Waals surface area contributed by atoms with Crippen LogP contribution in [0.25, 0.3) is 0 Å². The van der Waals surface area contributed by atoms with Crippen LogP contribution in [0.15, 0.2) is 54.7 Å². The molecule has 0 spiro atoms. The van der Waals surface area contributed by atoms with E-state index < -0.39 is 0 Å². The van der Waals surface area contributed by atoms with Crippen molar-refractivity contribution >= 4 is 5.91 Å². The average molecular weight is 350 g/mol. The van der Waals surface area contributed by atoms with E-state index >= 15 is 0 Å². The van der Waals surface area contributed by atoms with Crippen LogP contribution >= 0.6 is 0 Å². The van der Waals surface area contributed by atoms with Crippen molar-refractivity contribution in [3.63, 3.8) is 0 Å². The molecule has 6 heteroatoms. The average Bonchev–Trinajstić information content (AvgIpc) is 3.12. The minimum atomic E-state index is -0.215. The van der Waals surface area contributed by atoms with Crippen LogP contribution in [0, 0.1) is 6.92 Å². The van der Waals surface area contributed by atoms with Crippen LogP contribution < -0.4 is 10.1 Å². The molecular formula is C20H22N4O2. The second-order valence-electron chi connectivity index (χ2n) is 6.23. The fourth-order valence-corrected chi connectivity index (χ4v) is 2.60. The van der Waals surface area contributed by atoms with Gasteiger partial charge >= 0.3 is 0 Å². The molecule has 1 amide bonds. The highest BCUT2D eigenvalue weighted by Gasteiger charge is 2.15. The van der Waals surface area contributed by atoms with Crippen LogP contribution in [0.5, 0.6) is 5.75 Å². The summed E-state index contributed by atoms with van der Waals surface area (Å²) in [5.74, 6) is 0.556. The van der Waals surface area contributed by atoms with Gasteiger partial charge in [0.1, 0.15) is 18.1 Å². The van der Waals surface area contributed by atoms with Gasteiger partial charge in [0, 0.05) is 24.4 Å². The molecule has 0 saturated heterocycles. The molecule has 0 aliphatic carbocycles. The van der Waals surface area contributed by atoms with Crippen molar-refractivity contribution in [2.24, 2.45) is 0 Å². The van der Waals surface area contributed by atoms with Gasteiger partial charge in [-0.1, -0.05) is 24.3 Å². The Morgan fingerprint density at radius 1 is 1.23 bits per heavy atom. The van der Waals surface area contributed by atoms with Crippen LogP contribution in [0.4, 0.5) is 0 Å². The quantitative estimate of drug-likeness (QED) is 0.686. The van der Waals surface area contributed by atoms with Crippen molar-refractivity contribution in [1.82, 2.24) is 20.5 Å². The molecule has 2 N–H and O–H groups in total. The number of carbonyl (C=O) groups is 1. The highest BCUT2D eigenvalue weighted by Crippen LogP contribution is 2.11. The van der Waals surface area contributed by atoms with Gasteiger partial charge in [0.25, 0.3) is 5.91 Å². The van der Waals surface area contributed by atoms with Gasteiger partial charge in [-0.15, -0.1) is 0 Å². The van der Waals surface area contributed by atoms with Crippen LogP contribution in [0.1, 0.15) is 34.4 Å². The number of carbonyl (C=O) groups excluding carboxylic acids is 1. The molecule has 0 unspecified atom stereocenters. The lowest BCUT2D eigenvalue weighted by Gasteiger charge is -2.13. The first-order valence-corrected chi connectivity index (χ1v) is 8.55. The topological polar surface area (TPSA) is 79.9 Å². The molecule has 3 rings (SSSR count). The number of pyridine rings is 1. The number of aryl methyl sites for hydroxylation is 1. The summed E-state index contributed by atoms with van der Waals surface area (Å²) in [7, 11) is 0. The summed E-state index contributed by atoms with van der Waals surface area (Å²) in [6.45, 7) is 4.30. The van der Waals surface area contributed by atoms with Crippen molar-refractivity contribution in [2.75, 3.05) is 0 Å². The number of aromatic nitrogens is 3. The fourth-order valence-electron chi connectivity index (χ4n) is 2.60. The Bertz CT molecular complexity index is 861. The number of ether oxygens (including phenoxy) is 1. The number of rotatable bonds is 7. The molecule has 0 aliphatic heterocycles. The minimum absolute atomic E-state index is 0.0446. The van der Waals surface area contributed by atoms with Gasteiger partial charge in [-0.05, 0) is 43.7 Å². The summed E-state index contributed by atoms with van der Waals surface area (Å²) in [5.41, 5.74) is 3.20. The zero-order valence-electron chi connectivity index (χ0n) is 14.9. The molecule has 0 saturated carbocycles. The van der Waals surface area contributed by atoms with E-state index in [4.69, 9.17) is 4.74 Å². The van der Waals surface area contributed by atoms with E-state index in [9.17, 15) is 4.79 Å². The molecule has 0 aliphatic rings. The molecule has 6 nitrogen and oxygen atoms in total. The number of benzene rings is 1. The lowest BCUT2D eigenvalue weighted by atomic mass is 10.1. The molecule has 2 heterocycles. The smallest absolute Gasteiger partial charge is 0.271 e. The highest BCUT2D eigenvalue weighted by molar-refractivity contribution is 5.92. The van der Waals surface area contributed by atoms with E-state index in [1.54, 1.807) is 12.3 Å². The molecule has 1 atom stereocenters. The molecular weight excluding hydrogens is 328 g/mol. The van der Waals surface area contributed by atoms with Gasteiger partial charge in [-0.3, -0.25) is 14.9 Å². The number of hydrogen-bond donors (Lipinski definition) is 2. The summed E-state index contributed by atoms with van der Waals surface area (Å²) in [6.07, 6.45) is 2.44. The Morgan fingerprint density at radius 2 is 2.04 bits per heavy atom. The molecule has 0 radical (unpaired) electrons. The Balaban J connectivity index is 1.53. The van der Waals surface area contributed by atoms with Gasteiger partial charge < -0.3 is 10.1 Å². The number of para-hydroxylation sites is 1. The molecule has 0 bridgehead atoms. The van der Waals surface area contributed by atoms with E-state index in [1.165, 1.54) is 0 Å². The Hall–Kier alpha value is -3.15. The van der Waals surface area contributed by atoms with Crippen molar-refractivity contribution < 1.29 is 9.53 Å². The van der Waals surface area contributed by atoms with Gasteiger partial charge in [0.15, 0.2) is 0 Å². The third-order valence-electron chi connectivity index (χ3n) is 4.00. The van der Waals surface area contributed by atoms with E-state index in [2.05, 4.69) is 20.5 Å². The monoisotopic (exact) mass is 350 g/mol. The molecule has 0 fully saturated rings. The Labute approximate surface area is 152 Å². The minimum Gasteiger partial charge on any atom is -0.487 e. The third kappa shape index (κ3) is 4.69. The number of nitrogens with zero attached hydrogens (tertiary/aromatic N) is 2. The van der Waals surface area contributed by atoms with Crippen LogP contribution in [-0.4, -0.2) is 27.1 Å². The van der Waals surface area contributed by atoms with E-state index in [1.807, 2.05) is 56.3 Å². The van der Waals surface area contributed by atoms with Crippen molar-refractivity contribution in [2.45, 2.75) is 32.9 Å². The molecule has 1 aromatic carbocycles. The number of nitrogens with one attached hydrogen (secondary N) is 2. The molecule has 2 aromatic heterocycles. The van der Waals surface area contributed by atoms with Crippen LogP contribution in [-0.2, 0) is 13.0 Å². The molecule has 26 heavy (non-hydrogen) atoms. The van der Waals surface area contributed by atoms with Crippen molar-refractivity contribution in [1.29, 1.82) is 0 Å². The lowest BCUT2D eigenvalue weighted by Crippen LogP contribution is -2.34. The first-order chi connectivity index (χ1) is 12.6. The van der Waals surface area contributed by atoms with Crippen molar-refractivity contribution in [3.8, 4) is 5.75 Å². The maximum absolute atomic E-state index is 12.4. The van der Waals surface area contributed by atoms with Gasteiger partial charge in [0.2, 0.25) is 0 Å². The van der Waals surface area contributed by atoms with Gasteiger partial charge in [-0.25, -0.2) is 0 Å². The first kappa shape index (κ1) is 17.7. The second kappa shape index (κ2) is 8.29. The van der Waals surface area contributed by atoms with E-state index in [0.717, 1.165) is 22.7 Å². The second-order valence-corrected chi connectivity index (χ2v) is 6.23. The molecule has 134 valence electrons. The number of H-pyrrole nitrogens is 1. The number of amides is 1. The largest absolute Gasteiger partial charge is 0.487 e. The van der Waals surface area contributed by atoms with Crippen LogP contribution in [0.2, 0.25) is 0 Å². The SMILES string of the molecule is Cc1cccnc1C[C@@H](C)NC(=O)c1cc(COc2ccccc2)[nH]n1. The zero-order chi connectivity index (χ0) is 18.4. The maximum Gasteiger partial charge on any atom is 0.271 e. The van der Waals surface area contributed by atoms with E-state index in [-0.39, 0.29) is 11.9 Å². The van der Waals surface area contributed by atoms with E-state index in [0.29, 0.717) is 18.7 Å². The standard InChI is InChI=1S/C20H22N4O2/c1-14-7-6-10-21-18(14)11-15(2)22-20(25)19-12-16(23-24-19)13-26-17-8-4-3-5-9-17/h3-10,12,15H,11,13H2,1-2H3,(H,22,25)(H,23,24)/t15-/m1/s1. The summed E-state index contributed by atoms with van der Waals surface area (Å²) in [5, 5.41) is 9.87.